The maximum absolute atomic E-state index is 12.8. The summed E-state index contributed by atoms with van der Waals surface area (Å²) in [6.45, 7) is 0.786. The van der Waals surface area contributed by atoms with E-state index in [2.05, 4.69) is 15.3 Å². The molecule has 0 atom stereocenters. The number of nitrogens with one attached hydrogen (secondary N) is 2. The number of H-pyrrole nitrogens is 1. The van der Waals surface area contributed by atoms with Gasteiger partial charge in [-0.05, 0) is 49.2 Å². The van der Waals surface area contributed by atoms with Crippen LogP contribution in [0.1, 0.15) is 23.2 Å². The number of aromatic amines is 1. The topological polar surface area (TPSA) is 108 Å². The zero-order chi connectivity index (χ0) is 21.1. The Bertz CT molecular complexity index is 1100. The number of halogens is 1. The molecular formula is C21H19ClN4O4. The van der Waals surface area contributed by atoms with Gasteiger partial charge in [0.15, 0.2) is 0 Å². The minimum absolute atomic E-state index is 0.0681. The third-order valence-electron chi connectivity index (χ3n) is 5.06. The van der Waals surface area contributed by atoms with Crippen molar-refractivity contribution in [3.63, 3.8) is 0 Å². The molecule has 30 heavy (non-hydrogen) atoms. The molecule has 0 radical (unpaired) electrons. The highest BCUT2D eigenvalue weighted by Crippen LogP contribution is 2.21. The van der Waals surface area contributed by atoms with E-state index < -0.39 is 5.56 Å². The number of hydrogen-bond donors (Lipinski definition) is 2. The van der Waals surface area contributed by atoms with E-state index in [9.17, 15) is 14.4 Å². The second kappa shape index (κ2) is 8.54. The summed E-state index contributed by atoms with van der Waals surface area (Å²) in [5.41, 5.74) is 0.105. The smallest absolute Gasteiger partial charge is 0.261 e. The van der Waals surface area contributed by atoms with E-state index in [4.69, 9.17) is 16.0 Å². The fourth-order valence-electron chi connectivity index (χ4n) is 3.41. The molecule has 0 spiro atoms. The molecule has 4 heterocycles. The molecule has 8 nitrogen and oxygen atoms in total. The summed E-state index contributed by atoms with van der Waals surface area (Å²) in [5, 5.41) is 3.26. The molecule has 2 N–H and O–H groups in total. The Morgan fingerprint density at radius 1 is 1.17 bits per heavy atom. The van der Waals surface area contributed by atoms with Gasteiger partial charge in [-0.2, -0.15) is 0 Å². The van der Waals surface area contributed by atoms with Crippen LogP contribution >= 0.6 is 11.6 Å². The zero-order valence-corrected chi connectivity index (χ0v) is 16.7. The minimum Gasteiger partial charge on any atom is -0.463 e. The van der Waals surface area contributed by atoms with Gasteiger partial charge < -0.3 is 19.6 Å². The van der Waals surface area contributed by atoms with E-state index in [1.165, 1.54) is 18.5 Å². The predicted octanol–water partition coefficient (Wildman–Crippen LogP) is 3.17. The van der Waals surface area contributed by atoms with Gasteiger partial charge in [0.2, 0.25) is 5.91 Å². The SMILES string of the molecule is O=C(Nc1ccc(Cl)cn1)C1CCN(C(=O)c2ccc(-c3ccco3)[nH]c2=O)CC1. The lowest BCUT2D eigenvalue weighted by molar-refractivity contribution is -0.121. The fraction of sp³-hybridized carbons (Fsp3) is 0.238. The fourth-order valence-corrected chi connectivity index (χ4v) is 3.52. The number of amides is 2. The maximum Gasteiger partial charge on any atom is 0.261 e. The van der Waals surface area contributed by atoms with Crippen LogP contribution in [-0.4, -0.2) is 39.8 Å². The Balaban J connectivity index is 1.36. The molecule has 154 valence electrons. The molecule has 9 heteroatoms. The molecular weight excluding hydrogens is 408 g/mol. The van der Waals surface area contributed by atoms with E-state index in [0.29, 0.717) is 48.2 Å². The molecule has 1 saturated heterocycles. The molecule has 0 saturated carbocycles. The van der Waals surface area contributed by atoms with Gasteiger partial charge in [-0.1, -0.05) is 11.6 Å². The van der Waals surface area contributed by atoms with Crippen LogP contribution in [0.15, 0.2) is 58.1 Å². The summed E-state index contributed by atoms with van der Waals surface area (Å²) in [4.78, 5) is 46.0. The number of rotatable bonds is 4. The quantitative estimate of drug-likeness (QED) is 0.666. The van der Waals surface area contributed by atoms with Crippen LogP contribution in [0.5, 0.6) is 0 Å². The summed E-state index contributed by atoms with van der Waals surface area (Å²) in [6.07, 6.45) is 3.99. The first-order chi connectivity index (χ1) is 14.5. The van der Waals surface area contributed by atoms with Crippen LogP contribution in [0.4, 0.5) is 5.82 Å². The van der Waals surface area contributed by atoms with Crippen molar-refractivity contribution in [2.75, 3.05) is 18.4 Å². The van der Waals surface area contributed by atoms with Crippen LogP contribution < -0.4 is 10.9 Å². The number of furan rings is 1. The maximum atomic E-state index is 12.8. The molecule has 0 aliphatic carbocycles. The highest BCUT2D eigenvalue weighted by atomic mass is 35.5. The standard InChI is InChI=1S/C21H19ClN4O4/c22-14-3-6-18(23-12-14)25-19(27)13-7-9-26(10-8-13)21(29)15-4-5-16(24-20(15)28)17-2-1-11-30-17/h1-6,11-13H,7-10H2,(H,24,28)(H,23,25,27). The Hall–Kier alpha value is -3.39. The van der Waals surface area contributed by atoms with Gasteiger partial charge >= 0.3 is 0 Å². The number of nitrogens with zero attached hydrogens (tertiary/aromatic N) is 2. The van der Waals surface area contributed by atoms with Crippen LogP contribution in [0.2, 0.25) is 5.02 Å². The van der Waals surface area contributed by atoms with Gasteiger partial charge in [0.25, 0.3) is 11.5 Å². The highest BCUT2D eigenvalue weighted by Gasteiger charge is 2.29. The average Bonchev–Trinajstić information content (AvgIpc) is 3.30. The number of hydrogen-bond acceptors (Lipinski definition) is 5. The van der Waals surface area contributed by atoms with Crippen LogP contribution in [0, 0.1) is 5.92 Å². The lowest BCUT2D eigenvalue weighted by Gasteiger charge is -2.31. The van der Waals surface area contributed by atoms with Crippen molar-refractivity contribution >= 4 is 29.2 Å². The number of carbonyl (C=O) groups is 2. The van der Waals surface area contributed by atoms with E-state index in [1.54, 1.807) is 35.2 Å². The number of piperidine rings is 1. The molecule has 0 unspecified atom stereocenters. The first-order valence-corrected chi connectivity index (χ1v) is 9.88. The number of aromatic nitrogens is 2. The predicted molar refractivity (Wildman–Crippen MR) is 111 cm³/mol. The molecule has 1 fully saturated rings. The molecule has 1 aliphatic rings. The average molecular weight is 427 g/mol. The number of likely N-dealkylation sites (tertiary alicyclic amines) is 1. The number of pyridine rings is 2. The van der Waals surface area contributed by atoms with Crippen molar-refractivity contribution in [3.8, 4) is 11.5 Å². The van der Waals surface area contributed by atoms with Crippen molar-refractivity contribution < 1.29 is 14.0 Å². The van der Waals surface area contributed by atoms with E-state index in [1.807, 2.05) is 0 Å². The van der Waals surface area contributed by atoms with E-state index in [-0.39, 0.29) is 23.3 Å². The second-order valence-electron chi connectivity index (χ2n) is 7.01. The molecule has 2 amide bonds. The first kappa shape index (κ1) is 19.9. The molecule has 0 aromatic carbocycles. The van der Waals surface area contributed by atoms with Gasteiger partial charge in [-0.25, -0.2) is 4.98 Å². The largest absolute Gasteiger partial charge is 0.463 e. The number of anilines is 1. The van der Waals surface area contributed by atoms with Crippen molar-refractivity contribution in [3.05, 3.63) is 69.8 Å². The first-order valence-electron chi connectivity index (χ1n) is 9.50. The monoisotopic (exact) mass is 426 g/mol. The highest BCUT2D eigenvalue weighted by molar-refractivity contribution is 6.30. The van der Waals surface area contributed by atoms with E-state index >= 15 is 0 Å². The van der Waals surface area contributed by atoms with Gasteiger partial charge in [-0.3, -0.25) is 14.4 Å². The van der Waals surface area contributed by atoms with Crippen molar-refractivity contribution in [1.29, 1.82) is 0 Å². The Morgan fingerprint density at radius 2 is 1.97 bits per heavy atom. The third kappa shape index (κ3) is 4.28. The Kier molecular flexibility index (Phi) is 5.67. The van der Waals surface area contributed by atoms with Gasteiger partial charge in [-0.15, -0.1) is 0 Å². The lowest BCUT2D eigenvalue weighted by atomic mass is 9.95. The number of carbonyl (C=O) groups excluding carboxylic acids is 2. The van der Waals surface area contributed by atoms with Crippen molar-refractivity contribution in [2.45, 2.75) is 12.8 Å². The molecule has 0 bridgehead atoms. The van der Waals surface area contributed by atoms with Crippen LogP contribution in [0.25, 0.3) is 11.5 Å². The summed E-state index contributed by atoms with van der Waals surface area (Å²) in [7, 11) is 0. The summed E-state index contributed by atoms with van der Waals surface area (Å²) < 4.78 is 5.26. The normalized spacial score (nSPS) is 14.5. The van der Waals surface area contributed by atoms with Crippen molar-refractivity contribution in [2.24, 2.45) is 5.92 Å². The van der Waals surface area contributed by atoms with Crippen LogP contribution in [0.3, 0.4) is 0 Å². The Labute approximate surface area is 176 Å². The van der Waals surface area contributed by atoms with E-state index in [0.717, 1.165) is 0 Å². The minimum atomic E-state index is -0.470. The summed E-state index contributed by atoms with van der Waals surface area (Å²) in [5.74, 6) is 0.239. The summed E-state index contributed by atoms with van der Waals surface area (Å²) in [6, 6.07) is 9.88. The summed E-state index contributed by atoms with van der Waals surface area (Å²) >= 11 is 5.80. The molecule has 4 rings (SSSR count). The lowest BCUT2D eigenvalue weighted by Crippen LogP contribution is -2.43. The molecule has 3 aromatic heterocycles. The second-order valence-corrected chi connectivity index (χ2v) is 7.45. The Morgan fingerprint density at radius 3 is 2.60 bits per heavy atom. The van der Waals surface area contributed by atoms with Gasteiger partial charge in [0.05, 0.1) is 17.0 Å². The molecule has 1 aliphatic heterocycles. The molecule has 3 aromatic rings. The van der Waals surface area contributed by atoms with Gasteiger partial charge in [0, 0.05) is 25.2 Å². The zero-order valence-electron chi connectivity index (χ0n) is 15.9. The van der Waals surface area contributed by atoms with Gasteiger partial charge in [0.1, 0.15) is 17.1 Å². The third-order valence-corrected chi connectivity index (χ3v) is 5.28. The van der Waals surface area contributed by atoms with Crippen molar-refractivity contribution in [1.82, 2.24) is 14.9 Å². The van der Waals surface area contributed by atoms with Crippen LogP contribution in [-0.2, 0) is 4.79 Å².